The predicted molar refractivity (Wildman–Crippen MR) is 128 cm³/mol. The van der Waals surface area contributed by atoms with E-state index in [-0.39, 0.29) is 23.2 Å². The molecule has 4 heteroatoms. The topological polar surface area (TPSA) is 18.5 Å². The number of hydrogen-bond acceptors (Lipinski definition) is 2. The van der Waals surface area contributed by atoms with Crippen LogP contribution >= 0.6 is 8.58 Å². The Bertz CT molecular complexity index is 828. The van der Waals surface area contributed by atoms with E-state index in [1.165, 1.54) is 11.1 Å². The van der Waals surface area contributed by atoms with Crippen molar-refractivity contribution in [3.63, 3.8) is 0 Å². The van der Waals surface area contributed by atoms with Gasteiger partial charge in [-0.25, -0.2) is 4.39 Å². The zero-order valence-electron chi connectivity index (χ0n) is 19.7. The lowest BCUT2D eigenvalue weighted by molar-refractivity contribution is 0.0493. The molecule has 0 aromatic heterocycles. The van der Waals surface area contributed by atoms with Crippen LogP contribution in [0.25, 0.3) is 0 Å². The van der Waals surface area contributed by atoms with Crippen LogP contribution in [0.2, 0.25) is 0 Å². The molecule has 0 saturated heterocycles. The standard InChI is InChI=1S/C26H38FO2P/c1-8-10-15-26(9-2,30-23-14-12-11-13-22(23)27)21-17-20(25(4,5)6)16-19(3)24(21)29-18-28-7/h11-14,16-17,30H,8-10,15,18H2,1-7H3. The van der Waals surface area contributed by atoms with Crippen molar-refractivity contribution in [2.24, 2.45) is 0 Å². The van der Waals surface area contributed by atoms with Crippen molar-refractivity contribution >= 4 is 13.9 Å². The highest BCUT2D eigenvalue weighted by atomic mass is 31.1. The summed E-state index contributed by atoms with van der Waals surface area (Å²) >= 11 is 0. The molecule has 0 aliphatic carbocycles. The Labute approximate surface area is 184 Å². The Balaban J connectivity index is 2.73. The number of hydrogen-bond donors (Lipinski definition) is 0. The molecule has 0 saturated carbocycles. The first-order valence-corrected chi connectivity index (χ1v) is 12.0. The first-order chi connectivity index (χ1) is 14.2. The summed E-state index contributed by atoms with van der Waals surface area (Å²) in [5.41, 5.74) is 3.61. The van der Waals surface area contributed by atoms with Gasteiger partial charge in [0.25, 0.3) is 0 Å². The number of ether oxygens (including phenoxy) is 2. The number of methoxy groups -OCH3 is 1. The number of unbranched alkanes of at least 4 members (excludes halogenated alkanes) is 1. The third-order valence-electron chi connectivity index (χ3n) is 5.79. The van der Waals surface area contributed by atoms with E-state index in [4.69, 9.17) is 9.47 Å². The molecule has 2 nitrogen and oxygen atoms in total. The van der Waals surface area contributed by atoms with Crippen LogP contribution in [0.5, 0.6) is 5.75 Å². The lowest BCUT2D eigenvalue weighted by atomic mass is 9.80. The maximum Gasteiger partial charge on any atom is 0.188 e. The molecular weight excluding hydrogens is 394 g/mol. The van der Waals surface area contributed by atoms with Gasteiger partial charge in [-0.15, -0.1) is 0 Å². The van der Waals surface area contributed by atoms with Crippen molar-refractivity contribution in [1.82, 2.24) is 0 Å². The van der Waals surface area contributed by atoms with E-state index >= 15 is 0 Å². The van der Waals surface area contributed by atoms with Crippen molar-refractivity contribution in [3.8, 4) is 5.75 Å². The highest BCUT2D eigenvalue weighted by molar-refractivity contribution is 7.48. The summed E-state index contributed by atoms with van der Waals surface area (Å²) in [6, 6.07) is 11.7. The average Bonchev–Trinajstić information content (AvgIpc) is 2.70. The van der Waals surface area contributed by atoms with Crippen molar-refractivity contribution in [3.05, 3.63) is 58.9 Å². The van der Waals surface area contributed by atoms with Crippen molar-refractivity contribution in [1.29, 1.82) is 0 Å². The number of halogens is 1. The predicted octanol–water partition coefficient (Wildman–Crippen LogP) is 7.21. The second kappa shape index (κ2) is 10.7. The van der Waals surface area contributed by atoms with E-state index in [0.29, 0.717) is 8.58 Å². The highest BCUT2D eigenvalue weighted by Gasteiger charge is 2.36. The number of rotatable bonds is 10. The van der Waals surface area contributed by atoms with E-state index in [1.54, 1.807) is 19.2 Å². The molecule has 2 aromatic rings. The van der Waals surface area contributed by atoms with E-state index in [2.05, 4.69) is 53.7 Å². The Kier molecular flexibility index (Phi) is 8.88. The fourth-order valence-corrected chi connectivity index (χ4v) is 5.59. The summed E-state index contributed by atoms with van der Waals surface area (Å²) in [7, 11) is 1.98. The molecule has 166 valence electrons. The molecule has 2 rings (SSSR count). The monoisotopic (exact) mass is 432 g/mol. The van der Waals surface area contributed by atoms with Gasteiger partial charge >= 0.3 is 0 Å². The number of aryl methyl sites for hydroxylation is 1. The molecule has 30 heavy (non-hydrogen) atoms. The van der Waals surface area contributed by atoms with Gasteiger partial charge in [0.1, 0.15) is 11.6 Å². The molecule has 0 amide bonds. The third-order valence-corrected chi connectivity index (χ3v) is 7.81. The second-order valence-electron chi connectivity index (χ2n) is 9.11. The molecule has 0 radical (unpaired) electrons. The van der Waals surface area contributed by atoms with E-state index in [0.717, 1.165) is 42.3 Å². The van der Waals surface area contributed by atoms with Crippen LogP contribution in [0.3, 0.4) is 0 Å². The Morgan fingerprint density at radius 2 is 1.77 bits per heavy atom. The summed E-state index contributed by atoms with van der Waals surface area (Å²) < 4.78 is 26.1. The van der Waals surface area contributed by atoms with Gasteiger partial charge < -0.3 is 9.47 Å². The van der Waals surface area contributed by atoms with E-state index in [9.17, 15) is 4.39 Å². The molecular formula is C26H38FO2P. The summed E-state index contributed by atoms with van der Waals surface area (Å²) in [6.45, 7) is 13.5. The molecule has 2 unspecified atom stereocenters. The van der Waals surface area contributed by atoms with E-state index < -0.39 is 0 Å². The minimum Gasteiger partial charge on any atom is -0.467 e. The Hall–Kier alpha value is -1.44. The van der Waals surface area contributed by atoms with E-state index in [1.807, 2.05) is 12.1 Å². The summed E-state index contributed by atoms with van der Waals surface area (Å²) in [6.07, 6.45) is 4.13. The molecule has 0 heterocycles. The van der Waals surface area contributed by atoms with Gasteiger partial charge in [-0.2, -0.15) is 0 Å². The van der Waals surface area contributed by atoms with Crippen LogP contribution in [-0.4, -0.2) is 13.9 Å². The molecule has 0 aliphatic heterocycles. The SMILES string of the molecule is CCCCC(CC)(Pc1ccccc1F)c1cc(C(C)(C)C)cc(C)c1OCOC. The highest BCUT2D eigenvalue weighted by Crippen LogP contribution is 2.52. The average molecular weight is 433 g/mol. The quantitative estimate of drug-likeness (QED) is 0.292. The summed E-state index contributed by atoms with van der Waals surface area (Å²) in [4.78, 5) is 0. The molecule has 2 aromatic carbocycles. The number of benzene rings is 2. The van der Waals surface area contributed by atoms with Crippen LogP contribution < -0.4 is 10.0 Å². The van der Waals surface area contributed by atoms with Gasteiger partial charge in [0.2, 0.25) is 0 Å². The van der Waals surface area contributed by atoms with Crippen LogP contribution in [0.4, 0.5) is 4.39 Å². The van der Waals surface area contributed by atoms with Gasteiger partial charge in [0.05, 0.1) is 0 Å². The third kappa shape index (κ3) is 5.83. The molecule has 0 bridgehead atoms. The molecule has 2 atom stereocenters. The van der Waals surface area contributed by atoms with Gasteiger partial charge in [0.15, 0.2) is 6.79 Å². The van der Waals surface area contributed by atoms with Crippen LogP contribution in [0, 0.1) is 12.7 Å². The normalized spacial score (nSPS) is 14.3. The van der Waals surface area contributed by atoms with Crippen LogP contribution in [0.15, 0.2) is 36.4 Å². The fraction of sp³-hybridized carbons (Fsp3) is 0.538. The van der Waals surface area contributed by atoms with Gasteiger partial charge in [0, 0.05) is 23.1 Å². The largest absolute Gasteiger partial charge is 0.467 e. The van der Waals surface area contributed by atoms with Crippen molar-refractivity contribution in [2.75, 3.05) is 13.9 Å². The minimum atomic E-state index is -0.173. The van der Waals surface area contributed by atoms with Crippen LogP contribution in [-0.2, 0) is 15.3 Å². The van der Waals surface area contributed by atoms with Crippen molar-refractivity contribution < 1.29 is 13.9 Å². The molecule has 0 fully saturated rings. The zero-order chi connectivity index (χ0) is 22.4. The zero-order valence-corrected chi connectivity index (χ0v) is 20.7. The van der Waals surface area contributed by atoms with Gasteiger partial charge in [-0.05, 0) is 42.4 Å². The Morgan fingerprint density at radius 1 is 1.07 bits per heavy atom. The molecule has 0 spiro atoms. The molecule has 0 aliphatic rings. The lowest BCUT2D eigenvalue weighted by Gasteiger charge is -2.37. The maximum absolute atomic E-state index is 14.7. The molecule has 0 N–H and O–H groups in total. The van der Waals surface area contributed by atoms with Crippen LogP contribution in [0.1, 0.15) is 77.0 Å². The smallest absolute Gasteiger partial charge is 0.188 e. The minimum absolute atomic E-state index is 0.0185. The first-order valence-electron chi connectivity index (χ1n) is 11.0. The lowest BCUT2D eigenvalue weighted by Crippen LogP contribution is -2.26. The summed E-state index contributed by atoms with van der Waals surface area (Å²) in [5.74, 6) is 0.778. The summed E-state index contributed by atoms with van der Waals surface area (Å²) in [5, 5.41) is 0.625. The maximum atomic E-state index is 14.7. The van der Waals surface area contributed by atoms with Gasteiger partial charge in [-0.1, -0.05) is 86.4 Å². The Morgan fingerprint density at radius 3 is 2.33 bits per heavy atom. The first kappa shape index (κ1) is 24.8. The second-order valence-corrected chi connectivity index (χ2v) is 10.9. The fourth-order valence-electron chi connectivity index (χ4n) is 3.89. The van der Waals surface area contributed by atoms with Crippen molar-refractivity contribution in [2.45, 2.75) is 77.8 Å². The van der Waals surface area contributed by atoms with Gasteiger partial charge in [-0.3, -0.25) is 0 Å².